The molecule has 0 amide bonds. The van der Waals surface area contributed by atoms with E-state index in [2.05, 4.69) is 4.98 Å². The third kappa shape index (κ3) is 4.16. The normalized spacial score (nSPS) is 9.68. The molecular formula is C14H11ClN2O2. The van der Waals surface area contributed by atoms with Crippen molar-refractivity contribution in [1.29, 1.82) is 5.26 Å². The highest BCUT2D eigenvalue weighted by Crippen LogP contribution is 2.15. The lowest BCUT2D eigenvalue weighted by atomic mass is 10.3. The van der Waals surface area contributed by atoms with Gasteiger partial charge in [0, 0.05) is 6.07 Å². The Kier molecular flexibility index (Phi) is 4.60. The zero-order valence-corrected chi connectivity index (χ0v) is 10.8. The van der Waals surface area contributed by atoms with Crippen LogP contribution in [0.25, 0.3) is 0 Å². The molecule has 1 aromatic heterocycles. The standard InChI is InChI=1S/C14H11ClN2O2/c15-13-8-11(10-16)9-14(17-13)19-7-6-18-12-4-2-1-3-5-12/h1-5,8-9H,6-7H2. The first-order chi connectivity index (χ1) is 9.28. The molecule has 0 fully saturated rings. The zero-order chi connectivity index (χ0) is 13.5. The molecule has 0 saturated heterocycles. The van der Waals surface area contributed by atoms with Crippen LogP contribution >= 0.6 is 11.6 Å². The monoisotopic (exact) mass is 274 g/mol. The molecule has 1 heterocycles. The van der Waals surface area contributed by atoms with E-state index >= 15 is 0 Å². The molecule has 0 N–H and O–H groups in total. The molecule has 0 atom stereocenters. The van der Waals surface area contributed by atoms with Crippen molar-refractivity contribution in [3.05, 3.63) is 53.2 Å². The molecule has 0 aliphatic rings. The van der Waals surface area contributed by atoms with E-state index in [1.165, 1.54) is 12.1 Å². The van der Waals surface area contributed by atoms with Crippen LogP contribution in [-0.2, 0) is 0 Å². The zero-order valence-electron chi connectivity index (χ0n) is 10.0. The fourth-order valence-corrected chi connectivity index (χ4v) is 1.63. The predicted octanol–water partition coefficient (Wildman–Crippen LogP) is 3.06. The lowest BCUT2D eigenvalue weighted by molar-refractivity contribution is 0.212. The second kappa shape index (κ2) is 6.62. The number of para-hydroxylation sites is 1. The highest BCUT2D eigenvalue weighted by atomic mass is 35.5. The highest BCUT2D eigenvalue weighted by molar-refractivity contribution is 6.29. The van der Waals surface area contributed by atoms with Crippen molar-refractivity contribution < 1.29 is 9.47 Å². The summed E-state index contributed by atoms with van der Waals surface area (Å²) >= 11 is 5.76. The van der Waals surface area contributed by atoms with Crippen molar-refractivity contribution in [2.75, 3.05) is 13.2 Å². The molecule has 0 aliphatic heterocycles. The summed E-state index contributed by atoms with van der Waals surface area (Å²) in [4.78, 5) is 3.96. The van der Waals surface area contributed by atoms with E-state index in [-0.39, 0.29) is 5.15 Å². The van der Waals surface area contributed by atoms with Crippen LogP contribution in [0.2, 0.25) is 5.15 Å². The van der Waals surface area contributed by atoms with Crippen LogP contribution < -0.4 is 9.47 Å². The Morgan fingerprint density at radius 1 is 1.11 bits per heavy atom. The summed E-state index contributed by atoms with van der Waals surface area (Å²) in [5.41, 5.74) is 0.416. The summed E-state index contributed by atoms with van der Waals surface area (Å²) in [5.74, 6) is 1.10. The fourth-order valence-electron chi connectivity index (χ4n) is 1.43. The van der Waals surface area contributed by atoms with Gasteiger partial charge in [0.15, 0.2) is 0 Å². The maximum Gasteiger partial charge on any atom is 0.216 e. The lowest BCUT2D eigenvalue weighted by Gasteiger charge is -2.07. The molecule has 96 valence electrons. The maximum atomic E-state index is 8.79. The number of benzene rings is 1. The lowest BCUT2D eigenvalue weighted by Crippen LogP contribution is -2.09. The largest absolute Gasteiger partial charge is 0.490 e. The van der Waals surface area contributed by atoms with E-state index in [1.54, 1.807) is 0 Å². The fraction of sp³-hybridized carbons (Fsp3) is 0.143. The summed E-state index contributed by atoms with van der Waals surface area (Å²) in [5, 5.41) is 9.02. The minimum absolute atomic E-state index is 0.234. The smallest absolute Gasteiger partial charge is 0.216 e. The van der Waals surface area contributed by atoms with Gasteiger partial charge in [0.25, 0.3) is 0 Å². The Morgan fingerprint density at radius 2 is 1.84 bits per heavy atom. The summed E-state index contributed by atoms with van der Waals surface area (Å²) in [6.45, 7) is 0.715. The number of ether oxygens (including phenoxy) is 2. The Morgan fingerprint density at radius 3 is 2.58 bits per heavy atom. The second-order valence-corrected chi connectivity index (χ2v) is 4.03. The molecule has 0 aliphatic carbocycles. The number of aromatic nitrogens is 1. The van der Waals surface area contributed by atoms with Gasteiger partial charge in [-0.05, 0) is 18.2 Å². The van der Waals surface area contributed by atoms with Gasteiger partial charge in [-0.2, -0.15) is 5.26 Å². The van der Waals surface area contributed by atoms with Crippen molar-refractivity contribution in [3.63, 3.8) is 0 Å². The Hall–Kier alpha value is -2.25. The van der Waals surface area contributed by atoms with Gasteiger partial charge in [0.2, 0.25) is 5.88 Å². The van der Waals surface area contributed by atoms with Crippen LogP contribution in [-0.4, -0.2) is 18.2 Å². The van der Waals surface area contributed by atoms with Crippen molar-refractivity contribution in [3.8, 4) is 17.7 Å². The summed E-state index contributed by atoms with van der Waals surface area (Å²) < 4.78 is 10.8. The van der Waals surface area contributed by atoms with Gasteiger partial charge >= 0.3 is 0 Å². The van der Waals surface area contributed by atoms with Crippen molar-refractivity contribution in [1.82, 2.24) is 4.98 Å². The van der Waals surface area contributed by atoms with Crippen molar-refractivity contribution >= 4 is 11.6 Å². The number of hydrogen-bond acceptors (Lipinski definition) is 4. The Bertz CT molecular complexity index is 582. The van der Waals surface area contributed by atoms with E-state index in [1.807, 2.05) is 36.4 Å². The Labute approximate surface area is 116 Å². The van der Waals surface area contributed by atoms with Gasteiger partial charge < -0.3 is 9.47 Å². The van der Waals surface area contributed by atoms with Crippen LogP contribution in [0, 0.1) is 11.3 Å². The Balaban J connectivity index is 1.83. The second-order valence-electron chi connectivity index (χ2n) is 3.64. The molecule has 5 heteroatoms. The first-order valence-corrected chi connectivity index (χ1v) is 6.04. The van der Waals surface area contributed by atoms with Crippen LogP contribution in [0.5, 0.6) is 11.6 Å². The number of nitriles is 1. The molecule has 0 saturated carbocycles. The van der Waals surface area contributed by atoms with E-state index in [9.17, 15) is 0 Å². The first kappa shape index (κ1) is 13.2. The molecular weight excluding hydrogens is 264 g/mol. The molecule has 0 bridgehead atoms. The number of halogens is 1. The van der Waals surface area contributed by atoms with E-state index in [0.29, 0.717) is 24.7 Å². The van der Waals surface area contributed by atoms with Gasteiger partial charge in [-0.1, -0.05) is 29.8 Å². The average molecular weight is 275 g/mol. The summed E-state index contributed by atoms with van der Waals surface area (Å²) in [7, 11) is 0. The molecule has 0 unspecified atom stereocenters. The van der Waals surface area contributed by atoms with Crippen molar-refractivity contribution in [2.24, 2.45) is 0 Å². The van der Waals surface area contributed by atoms with Crippen LogP contribution in [0.15, 0.2) is 42.5 Å². The van der Waals surface area contributed by atoms with E-state index in [0.717, 1.165) is 5.75 Å². The predicted molar refractivity (Wildman–Crippen MR) is 71.4 cm³/mol. The molecule has 2 aromatic rings. The average Bonchev–Trinajstić information content (AvgIpc) is 2.44. The minimum Gasteiger partial charge on any atom is -0.490 e. The number of pyridine rings is 1. The molecule has 4 nitrogen and oxygen atoms in total. The molecule has 1 aromatic carbocycles. The maximum absolute atomic E-state index is 8.79. The third-order valence-corrected chi connectivity index (χ3v) is 2.44. The quantitative estimate of drug-likeness (QED) is 0.621. The van der Waals surface area contributed by atoms with Gasteiger partial charge in [-0.25, -0.2) is 4.98 Å². The van der Waals surface area contributed by atoms with Gasteiger partial charge in [-0.15, -0.1) is 0 Å². The highest BCUT2D eigenvalue weighted by Gasteiger charge is 2.02. The van der Waals surface area contributed by atoms with Gasteiger partial charge in [0.1, 0.15) is 24.1 Å². The van der Waals surface area contributed by atoms with Crippen LogP contribution in [0.1, 0.15) is 5.56 Å². The summed E-state index contributed by atoms with van der Waals surface area (Å²) in [6.07, 6.45) is 0. The van der Waals surface area contributed by atoms with Gasteiger partial charge in [0.05, 0.1) is 11.6 Å². The van der Waals surface area contributed by atoms with Crippen LogP contribution in [0.4, 0.5) is 0 Å². The first-order valence-electron chi connectivity index (χ1n) is 5.66. The molecule has 0 spiro atoms. The van der Waals surface area contributed by atoms with Crippen LogP contribution in [0.3, 0.4) is 0 Å². The SMILES string of the molecule is N#Cc1cc(Cl)nc(OCCOc2ccccc2)c1. The molecule has 19 heavy (non-hydrogen) atoms. The number of nitrogens with zero attached hydrogens (tertiary/aromatic N) is 2. The third-order valence-electron chi connectivity index (χ3n) is 2.24. The van der Waals surface area contributed by atoms with E-state index < -0.39 is 0 Å². The minimum atomic E-state index is 0.234. The summed E-state index contributed by atoms with van der Waals surface area (Å²) in [6, 6.07) is 14.5. The van der Waals surface area contributed by atoms with E-state index in [4.69, 9.17) is 26.3 Å². The van der Waals surface area contributed by atoms with Crippen molar-refractivity contribution in [2.45, 2.75) is 0 Å². The molecule has 2 rings (SSSR count). The van der Waals surface area contributed by atoms with Gasteiger partial charge in [-0.3, -0.25) is 0 Å². The number of rotatable bonds is 5. The topological polar surface area (TPSA) is 55.1 Å². The number of hydrogen-bond donors (Lipinski definition) is 0. The molecule has 0 radical (unpaired) electrons.